The van der Waals surface area contributed by atoms with Crippen LogP contribution in [0.25, 0.3) is 10.9 Å². The molecule has 0 aliphatic carbocycles. The molecule has 1 aromatic heterocycles. The molecule has 1 aromatic carbocycles. The zero-order valence-electron chi connectivity index (χ0n) is 16.4. The van der Waals surface area contributed by atoms with Crippen LogP contribution in [0.2, 0.25) is 0 Å². The van der Waals surface area contributed by atoms with Gasteiger partial charge in [-0.1, -0.05) is 13.8 Å². The quantitative estimate of drug-likeness (QED) is 0.901. The van der Waals surface area contributed by atoms with E-state index < -0.39 is 5.97 Å². The first-order chi connectivity index (χ1) is 12.4. The Balaban J connectivity index is 0.00000117. The molecular weight excluding hydrogens is 332 g/mol. The molecule has 7 heteroatoms. The van der Waals surface area contributed by atoms with Gasteiger partial charge >= 0.3 is 12.0 Å². The molecule has 1 aliphatic rings. The molecule has 0 bridgehead atoms. The maximum absolute atomic E-state index is 11.5. The summed E-state index contributed by atoms with van der Waals surface area (Å²) in [6.45, 7) is 10.1. The van der Waals surface area contributed by atoms with Crippen LogP contribution in [0.5, 0.6) is 6.01 Å². The molecule has 26 heavy (non-hydrogen) atoms. The third-order valence-corrected chi connectivity index (χ3v) is 4.82. The minimum atomic E-state index is -1.01. The number of benzene rings is 1. The highest BCUT2D eigenvalue weighted by Crippen LogP contribution is 2.31. The Labute approximate surface area is 154 Å². The van der Waals surface area contributed by atoms with Crippen molar-refractivity contribution in [2.45, 2.75) is 39.8 Å². The van der Waals surface area contributed by atoms with Crippen molar-refractivity contribution in [3.63, 3.8) is 0 Å². The Bertz CT molecular complexity index is 769. The van der Waals surface area contributed by atoms with Gasteiger partial charge in [0.15, 0.2) is 0 Å². The van der Waals surface area contributed by atoms with Crippen molar-refractivity contribution >= 4 is 22.6 Å². The van der Waals surface area contributed by atoms with E-state index in [0.29, 0.717) is 17.6 Å². The monoisotopic (exact) mass is 360 g/mol. The van der Waals surface area contributed by atoms with E-state index in [0.717, 1.165) is 24.2 Å². The van der Waals surface area contributed by atoms with Crippen LogP contribution in [0, 0.1) is 0 Å². The average molecular weight is 360 g/mol. The molecule has 7 nitrogen and oxygen atoms in total. The summed E-state index contributed by atoms with van der Waals surface area (Å²) in [5.74, 6) is -1.01. The van der Waals surface area contributed by atoms with Gasteiger partial charge in [-0.15, -0.1) is 0 Å². The summed E-state index contributed by atoms with van der Waals surface area (Å²) in [6, 6.07) is 4.44. The van der Waals surface area contributed by atoms with Gasteiger partial charge in [0.05, 0.1) is 18.2 Å². The molecule has 2 heterocycles. The number of methoxy groups -OCH3 is 1. The first-order valence-electron chi connectivity index (χ1n) is 8.96. The number of rotatable bonds is 3. The highest BCUT2D eigenvalue weighted by atomic mass is 16.5. The normalized spacial score (nSPS) is 20.5. The van der Waals surface area contributed by atoms with Crippen LogP contribution in [-0.2, 0) is 0 Å². The Morgan fingerprint density at radius 1 is 1.23 bits per heavy atom. The van der Waals surface area contributed by atoms with E-state index in [-0.39, 0.29) is 11.6 Å². The molecule has 1 fully saturated rings. The Kier molecular flexibility index (Phi) is 6.37. The summed E-state index contributed by atoms with van der Waals surface area (Å²) in [7, 11) is 3.60. The number of piperazine rings is 1. The van der Waals surface area contributed by atoms with Crippen LogP contribution in [0.4, 0.5) is 5.69 Å². The molecule has 0 spiro atoms. The number of hydrogen-bond acceptors (Lipinski definition) is 6. The van der Waals surface area contributed by atoms with Crippen LogP contribution in [0.15, 0.2) is 18.3 Å². The molecule has 0 saturated carbocycles. The highest BCUT2D eigenvalue weighted by Gasteiger charge is 2.28. The molecule has 2 aromatic rings. The lowest BCUT2D eigenvalue weighted by Gasteiger charge is -2.43. The maximum atomic E-state index is 11.5. The molecule has 1 saturated heterocycles. The largest absolute Gasteiger partial charge is 0.478 e. The summed E-state index contributed by atoms with van der Waals surface area (Å²) < 4.78 is 5.06. The second kappa shape index (κ2) is 8.31. The first kappa shape index (κ1) is 19.9. The minimum Gasteiger partial charge on any atom is -0.478 e. The Morgan fingerprint density at radius 3 is 2.38 bits per heavy atom. The molecular formula is C19H28N4O3. The number of anilines is 1. The van der Waals surface area contributed by atoms with Crippen molar-refractivity contribution < 1.29 is 14.6 Å². The topological polar surface area (TPSA) is 78.8 Å². The van der Waals surface area contributed by atoms with Crippen molar-refractivity contribution in [2.24, 2.45) is 0 Å². The molecule has 2 unspecified atom stereocenters. The van der Waals surface area contributed by atoms with Crippen LogP contribution in [0.1, 0.15) is 38.1 Å². The van der Waals surface area contributed by atoms with Gasteiger partial charge in [0.2, 0.25) is 0 Å². The molecule has 0 amide bonds. The number of carbonyl (C=O) groups is 1. The number of carboxylic acid groups (broad SMARTS) is 1. The fourth-order valence-corrected chi connectivity index (χ4v) is 3.24. The summed E-state index contributed by atoms with van der Waals surface area (Å²) in [5.41, 5.74) is 1.53. The molecule has 1 N–H and O–H groups in total. The lowest BCUT2D eigenvalue weighted by Crippen LogP contribution is -2.55. The van der Waals surface area contributed by atoms with Crippen LogP contribution < -0.4 is 9.64 Å². The van der Waals surface area contributed by atoms with Gasteiger partial charge in [-0.25, -0.2) is 9.78 Å². The predicted molar refractivity (Wildman–Crippen MR) is 103 cm³/mol. The van der Waals surface area contributed by atoms with Crippen molar-refractivity contribution in [3.8, 4) is 6.01 Å². The number of likely N-dealkylation sites (N-methyl/N-ethyl adjacent to an activating group) is 1. The van der Waals surface area contributed by atoms with Gasteiger partial charge < -0.3 is 14.7 Å². The highest BCUT2D eigenvalue weighted by molar-refractivity contribution is 6.05. The van der Waals surface area contributed by atoms with Gasteiger partial charge in [-0.05, 0) is 33.0 Å². The van der Waals surface area contributed by atoms with Crippen molar-refractivity contribution in [1.29, 1.82) is 0 Å². The molecule has 142 valence electrons. The van der Waals surface area contributed by atoms with E-state index in [9.17, 15) is 9.90 Å². The standard InChI is InChI=1S/C17H22N4O3.C2H6/c1-10-8-21(9-11(2)20(10)3)14-6-5-12(16(22)23)15-13(14)7-18-17(19-15)24-4;1-2/h5-7,10-11H,8-9H2,1-4H3,(H,22,23);1-2H3. The average Bonchev–Trinajstić information content (AvgIpc) is 2.65. The van der Waals surface area contributed by atoms with Crippen LogP contribution in [-0.4, -0.2) is 65.3 Å². The molecule has 0 radical (unpaired) electrons. The Morgan fingerprint density at radius 2 is 1.85 bits per heavy atom. The zero-order chi connectivity index (χ0) is 19.4. The number of aromatic nitrogens is 2. The van der Waals surface area contributed by atoms with E-state index in [1.807, 2.05) is 19.9 Å². The molecule has 2 atom stereocenters. The van der Waals surface area contributed by atoms with Crippen molar-refractivity contribution in [2.75, 3.05) is 32.1 Å². The number of fused-ring (bicyclic) bond motifs is 1. The van der Waals surface area contributed by atoms with Gasteiger partial charge in [0, 0.05) is 42.4 Å². The summed E-state index contributed by atoms with van der Waals surface area (Å²) in [5, 5.41) is 10.2. The smallest absolute Gasteiger partial charge is 0.337 e. The zero-order valence-corrected chi connectivity index (χ0v) is 16.4. The lowest BCUT2D eigenvalue weighted by molar-refractivity contribution is 0.0699. The molecule has 1 aliphatic heterocycles. The number of nitrogens with zero attached hydrogens (tertiary/aromatic N) is 4. The lowest BCUT2D eigenvalue weighted by atomic mass is 10.0. The number of carboxylic acids is 1. The van der Waals surface area contributed by atoms with Crippen LogP contribution >= 0.6 is 0 Å². The van der Waals surface area contributed by atoms with E-state index in [1.54, 1.807) is 12.3 Å². The number of aromatic carboxylic acids is 1. The number of hydrogen-bond donors (Lipinski definition) is 1. The second-order valence-electron chi connectivity index (χ2n) is 6.32. The Hall–Kier alpha value is -2.41. The SMILES string of the molecule is CC.COc1ncc2c(N3CC(C)N(C)C(C)C3)ccc(C(=O)O)c2n1. The second-order valence-corrected chi connectivity index (χ2v) is 6.32. The van der Waals surface area contributed by atoms with Gasteiger partial charge in [-0.3, -0.25) is 4.90 Å². The van der Waals surface area contributed by atoms with Gasteiger partial charge in [0.1, 0.15) is 0 Å². The third-order valence-electron chi connectivity index (χ3n) is 4.82. The number of ether oxygens (including phenoxy) is 1. The van der Waals surface area contributed by atoms with E-state index >= 15 is 0 Å². The van der Waals surface area contributed by atoms with Crippen LogP contribution in [0.3, 0.4) is 0 Å². The summed E-state index contributed by atoms with van der Waals surface area (Å²) in [6.07, 6.45) is 1.65. The van der Waals surface area contributed by atoms with Gasteiger partial charge in [0.25, 0.3) is 0 Å². The van der Waals surface area contributed by atoms with Crippen molar-refractivity contribution in [3.05, 3.63) is 23.9 Å². The fourth-order valence-electron chi connectivity index (χ4n) is 3.24. The van der Waals surface area contributed by atoms with Gasteiger partial charge in [-0.2, -0.15) is 4.98 Å². The summed E-state index contributed by atoms with van der Waals surface area (Å²) >= 11 is 0. The minimum absolute atomic E-state index is 0.157. The van der Waals surface area contributed by atoms with Crippen molar-refractivity contribution in [1.82, 2.24) is 14.9 Å². The fraction of sp³-hybridized carbons (Fsp3) is 0.526. The third kappa shape index (κ3) is 3.72. The molecule has 3 rings (SSSR count). The van der Waals surface area contributed by atoms with E-state index in [2.05, 4.69) is 40.7 Å². The van der Waals surface area contributed by atoms with E-state index in [1.165, 1.54) is 7.11 Å². The first-order valence-corrected chi connectivity index (χ1v) is 8.96. The predicted octanol–water partition coefficient (Wildman–Crippen LogP) is 2.89. The summed E-state index contributed by atoms with van der Waals surface area (Å²) in [4.78, 5) is 24.6. The van der Waals surface area contributed by atoms with E-state index in [4.69, 9.17) is 4.74 Å². The maximum Gasteiger partial charge on any atom is 0.337 e.